The first kappa shape index (κ1) is 24.0. The van der Waals surface area contributed by atoms with Crippen LogP contribution in [-0.2, 0) is 9.47 Å². The molecule has 1 heterocycles. The average Bonchev–Trinajstić information content (AvgIpc) is 3.28. The molecule has 3 nitrogen and oxygen atoms in total. The Morgan fingerprint density at radius 2 is 1.64 bits per heavy atom. The van der Waals surface area contributed by atoms with Crippen molar-refractivity contribution in [2.24, 2.45) is 33.5 Å². The summed E-state index contributed by atoms with van der Waals surface area (Å²) in [5.74, 6) is -5.60. The van der Waals surface area contributed by atoms with Gasteiger partial charge in [0.2, 0.25) is 0 Å². The van der Waals surface area contributed by atoms with E-state index in [1.807, 2.05) is 6.08 Å². The molecule has 6 atom stereocenters. The lowest BCUT2D eigenvalue weighted by molar-refractivity contribution is -0.361. The number of aliphatic hydroxyl groups is 1. The molecule has 1 saturated heterocycles. The molecule has 5 aliphatic rings. The third-order valence-corrected chi connectivity index (χ3v) is 10.1. The SMILES string of the molecule is CC1(C)COCC[C@]23CC2(CCC2C3=CCC3(C)C2CC[C@@]3(O)C(F)(F)C(F)(F)F)COC1. The number of hydrogen-bond donors (Lipinski definition) is 1. The molecule has 8 heteroatoms. The smallest absolute Gasteiger partial charge is 0.383 e. The molecule has 0 spiro atoms. The molecule has 0 aromatic carbocycles. The maximum atomic E-state index is 14.6. The second-order valence-corrected chi connectivity index (χ2v) is 12.5. The Morgan fingerprint density at radius 1 is 0.939 bits per heavy atom. The van der Waals surface area contributed by atoms with Crippen LogP contribution in [0.5, 0.6) is 0 Å². The van der Waals surface area contributed by atoms with E-state index in [9.17, 15) is 27.1 Å². The molecule has 33 heavy (non-hydrogen) atoms. The second-order valence-electron chi connectivity index (χ2n) is 12.5. The molecule has 1 aliphatic heterocycles. The number of ether oxygens (including phenoxy) is 2. The third kappa shape index (κ3) is 3.01. The normalized spacial score (nSPS) is 47.5. The lowest BCUT2D eigenvalue weighted by Crippen LogP contribution is -2.64. The van der Waals surface area contributed by atoms with E-state index >= 15 is 0 Å². The summed E-state index contributed by atoms with van der Waals surface area (Å²) >= 11 is 0. The van der Waals surface area contributed by atoms with Crippen LogP contribution in [0.1, 0.15) is 65.7 Å². The Labute approximate surface area is 192 Å². The van der Waals surface area contributed by atoms with Crippen LogP contribution >= 0.6 is 0 Å². The van der Waals surface area contributed by atoms with Gasteiger partial charge >= 0.3 is 12.1 Å². The largest absolute Gasteiger partial charge is 0.456 e. The lowest BCUT2D eigenvalue weighted by Gasteiger charge is -2.53. The van der Waals surface area contributed by atoms with Crippen LogP contribution in [0, 0.1) is 33.5 Å². The first-order chi connectivity index (χ1) is 15.2. The van der Waals surface area contributed by atoms with Gasteiger partial charge in [-0.3, -0.25) is 0 Å². The number of halogens is 5. The summed E-state index contributed by atoms with van der Waals surface area (Å²) in [5, 5.41) is 11.0. The summed E-state index contributed by atoms with van der Waals surface area (Å²) in [4.78, 5) is 0. The Hall–Kier alpha value is -0.730. The predicted octanol–water partition coefficient (Wildman–Crippen LogP) is 5.91. The van der Waals surface area contributed by atoms with E-state index in [4.69, 9.17) is 9.47 Å². The van der Waals surface area contributed by atoms with Gasteiger partial charge in [-0.2, -0.15) is 22.0 Å². The number of hydrogen-bond acceptors (Lipinski definition) is 3. The highest BCUT2D eigenvalue weighted by Gasteiger charge is 2.80. The van der Waals surface area contributed by atoms with Crippen molar-refractivity contribution in [3.05, 3.63) is 11.6 Å². The van der Waals surface area contributed by atoms with E-state index in [-0.39, 0.29) is 40.9 Å². The Bertz CT molecular complexity index is 853. The topological polar surface area (TPSA) is 38.7 Å². The molecule has 1 N–H and O–H groups in total. The van der Waals surface area contributed by atoms with E-state index in [1.165, 1.54) is 12.5 Å². The van der Waals surface area contributed by atoms with Gasteiger partial charge < -0.3 is 14.6 Å². The summed E-state index contributed by atoms with van der Waals surface area (Å²) < 4.78 is 81.4. The highest BCUT2D eigenvalue weighted by Crippen LogP contribution is 2.79. The van der Waals surface area contributed by atoms with Crippen LogP contribution < -0.4 is 0 Å². The van der Waals surface area contributed by atoms with Crippen LogP contribution in [0.15, 0.2) is 11.6 Å². The zero-order chi connectivity index (χ0) is 24.1. The van der Waals surface area contributed by atoms with Crippen molar-refractivity contribution in [2.75, 3.05) is 26.4 Å². The minimum Gasteiger partial charge on any atom is -0.383 e. The highest BCUT2D eigenvalue weighted by molar-refractivity contribution is 5.40. The van der Waals surface area contributed by atoms with E-state index in [2.05, 4.69) is 13.8 Å². The second kappa shape index (κ2) is 6.94. The van der Waals surface area contributed by atoms with E-state index in [1.54, 1.807) is 0 Å². The summed E-state index contributed by atoms with van der Waals surface area (Å²) in [6, 6.07) is 0. The molecular formula is C25H35F5O3. The van der Waals surface area contributed by atoms with Gasteiger partial charge in [-0.05, 0) is 56.8 Å². The first-order valence-corrected chi connectivity index (χ1v) is 12.2. The van der Waals surface area contributed by atoms with Crippen molar-refractivity contribution in [2.45, 2.75) is 83.4 Å². The molecular weight excluding hydrogens is 443 g/mol. The van der Waals surface area contributed by atoms with Gasteiger partial charge in [0.15, 0.2) is 0 Å². The van der Waals surface area contributed by atoms with Crippen molar-refractivity contribution in [3.8, 4) is 0 Å². The van der Waals surface area contributed by atoms with Crippen molar-refractivity contribution in [1.82, 2.24) is 0 Å². The number of fused-ring (bicyclic) bond motifs is 3. The third-order valence-electron chi connectivity index (χ3n) is 10.1. The zero-order valence-corrected chi connectivity index (χ0v) is 19.7. The van der Waals surface area contributed by atoms with Crippen LogP contribution in [0.3, 0.4) is 0 Å². The molecule has 0 radical (unpaired) electrons. The number of allylic oxidation sites excluding steroid dienone is 2. The Morgan fingerprint density at radius 3 is 2.33 bits per heavy atom. The van der Waals surface area contributed by atoms with Gasteiger partial charge in [-0.25, -0.2) is 0 Å². The highest BCUT2D eigenvalue weighted by atomic mass is 19.4. The van der Waals surface area contributed by atoms with E-state index < -0.39 is 29.5 Å². The zero-order valence-electron chi connectivity index (χ0n) is 19.7. The molecule has 4 unspecified atom stereocenters. The van der Waals surface area contributed by atoms with Gasteiger partial charge in [0, 0.05) is 28.3 Å². The van der Waals surface area contributed by atoms with Gasteiger partial charge in [0.05, 0.1) is 19.8 Å². The number of alkyl halides is 5. The minimum atomic E-state index is -5.78. The summed E-state index contributed by atoms with van der Waals surface area (Å²) in [6.07, 6.45) is -0.772. The minimum absolute atomic E-state index is 0.00463. The van der Waals surface area contributed by atoms with Crippen LogP contribution in [0.4, 0.5) is 22.0 Å². The van der Waals surface area contributed by atoms with Crippen LogP contribution in [-0.4, -0.2) is 49.2 Å². The van der Waals surface area contributed by atoms with E-state index in [0.717, 1.165) is 25.7 Å². The van der Waals surface area contributed by atoms with Crippen molar-refractivity contribution >= 4 is 0 Å². The van der Waals surface area contributed by atoms with Gasteiger partial charge in [-0.15, -0.1) is 0 Å². The molecule has 4 aliphatic carbocycles. The van der Waals surface area contributed by atoms with Crippen molar-refractivity contribution < 1.29 is 36.5 Å². The summed E-state index contributed by atoms with van der Waals surface area (Å²) in [6.45, 7) is 8.14. The lowest BCUT2D eigenvalue weighted by atomic mass is 9.53. The molecule has 188 valence electrons. The maximum Gasteiger partial charge on any atom is 0.456 e. The fourth-order valence-corrected chi connectivity index (χ4v) is 8.21. The molecule has 5 rings (SSSR count). The standard InChI is InChI=1S/C25H35F5O3/c1-19(2)13-32-11-10-22-12-21(22,15-33-14-19)8-4-16-17-6-9-23(31,24(26,27)25(28,29)30)20(17,3)7-5-18(16)22/h5,16-17,31H,4,6-15H2,1-3H3/t16?,17?,20?,21?,22-,23+/m1/s1. The van der Waals surface area contributed by atoms with Gasteiger partial charge in [0.1, 0.15) is 5.60 Å². The molecule has 3 saturated carbocycles. The fraction of sp³-hybridized carbons (Fsp3) is 0.920. The average molecular weight is 479 g/mol. The molecule has 0 bridgehead atoms. The van der Waals surface area contributed by atoms with E-state index in [0.29, 0.717) is 26.4 Å². The summed E-state index contributed by atoms with van der Waals surface area (Å²) in [7, 11) is 0. The maximum absolute atomic E-state index is 14.6. The van der Waals surface area contributed by atoms with Crippen molar-refractivity contribution in [1.29, 1.82) is 0 Å². The Balaban J connectivity index is 1.47. The molecule has 0 aromatic heterocycles. The van der Waals surface area contributed by atoms with Crippen molar-refractivity contribution in [3.63, 3.8) is 0 Å². The van der Waals surface area contributed by atoms with Crippen LogP contribution in [0.25, 0.3) is 0 Å². The van der Waals surface area contributed by atoms with Crippen LogP contribution in [0.2, 0.25) is 0 Å². The number of rotatable bonds is 1. The monoisotopic (exact) mass is 478 g/mol. The van der Waals surface area contributed by atoms with Gasteiger partial charge in [0.25, 0.3) is 0 Å². The molecule has 0 aromatic rings. The fourth-order valence-electron chi connectivity index (χ4n) is 8.21. The molecule has 4 fully saturated rings. The molecule has 0 amide bonds. The first-order valence-electron chi connectivity index (χ1n) is 12.2. The Kier molecular flexibility index (Phi) is 5.04. The quantitative estimate of drug-likeness (QED) is 0.376. The predicted molar refractivity (Wildman–Crippen MR) is 112 cm³/mol. The van der Waals surface area contributed by atoms with Gasteiger partial charge in [-0.1, -0.05) is 32.4 Å². The summed E-state index contributed by atoms with van der Waals surface area (Å²) in [5.41, 5.74) is -3.57.